The first-order chi connectivity index (χ1) is 9.15. The van der Waals surface area contributed by atoms with E-state index in [1.807, 2.05) is 0 Å². The van der Waals surface area contributed by atoms with Crippen LogP contribution in [0.15, 0.2) is 18.2 Å². The third kappa shape index (κ3) is 6.00. The van der Waals surface area contributed by atoms with E-state index >= 15 is 0 Å². The normalized spacial score (nSPS) is 12.4. The average molecular weight is 272 g/mol. The molecule has 1 unspecified atom stereocenters. The maximum absolute atomic E-state index is 13.5. The molecule has 4 nitrogen and oxygen atoms in total. The molecule has 0 heterocycles. The van der Waals surface area contributed by atoms with Gasteiger partial charge in [-0.05, 0) is 19.1 Å². The minimum absolute atomic E-state index is 0.273. The van der Waals surface area contributed by atoms with Crippen molar-refractivity contribution >= 4 is 0 Å². The zero-order valence-electron chi connectivity index (χ0n) is 11.4. The average Bonchev–Trinajstić information content (AvgIpc) is 2.37. The lowest BCUT2D eigenvalue weighted by Gasteiger charge is -2.10. The van der Waals surface area contributed by atoms with Gasteiger partial charge in [0, 0.05) is 31.8 Å². The van der Waals surface area contributed by atoms with Crippen molar-refractivity contribution in [2.45, 2.75) is 19.4 Å². The molecule has 108 valence electrons. The third-order valence-electron chi connectivity index (χ3n) is 2.56. The molecule has 0 saturated carbocycles. The largest absolute Gasteiger partial charge is 0.493 e. The van der Waals surface area contributed by atoms with Crippen molar-refractivity contribution in [3.8, 4) is 5.75 Å². The van der Waals surface area contributed by atoms with Gasteiger partial charge in [0.1, 0.15) is 11.6 Å². The van der Waals surface area contributed by atoms with Gasteiger partial charge < -0.3 is 19.3 Å². The third-order valence-corrected chi connectivity index (χ3v) is 2.56. The smallest absolute Gasteiger partial charge is 0.132 e. The summed E-state index contributed by atoms with van der Waals surface area (Å²) < 4.78 is 29.0. The van der Waals surface area contributed by atoms with E-state index in [-0.39, 0.29) is 5.56 Å². The van der Waals surface area contributed by atoms with E-state index in [4.69, 9.17) is 14.2 Å². The number of halogens is 1. The van der Waals surface area contributed by atoms with Gasteiger partial charge in [0.25, 0.3) is 0 Å². The highest BCUT2D eigenvalue weighted by molar-refractivity contribution is 5.29. The van der Waals surface area contributed by atoms with Gasteiger partial charge in [-0.1, -0.05) is 0 Å². The summed E-state index contributed by atoms with van der Waals surface area (Å²) in [6.07, 6.45) is -0.0908. The summed E-state index contributed by atoms with van der Waals surface area (Å²) in [7, 11) is 1.62. The van der Waals surface area contributed by atoms with Crippen molar-refractivity contribution < 1.29 is 23.7 Å². The van der Waals surface area contributed by atoms with E-state index in [9.17, 15) is 9.50 Å². The van der Waals surface area contributed by atoms with Gasteiger partial charge in [0.15, 0.2) is 0 Å². The van der Waals surface area contributed by atoms with E-state index in [1.165, 1.54) is 19.1 Å². The first-order valence-electron chi connectivity index (χ1n) is 6.32. The summed E-state index contributed by atoms with van der Waals surface area (Å²) >= 11 is 0. The highest BCUT2D eigenvalue weighted by Gasteiger charge is 2.08. The lowest BCUT2D eigenvalue weighted by atomic mass is 10.1. The SMILES string of the molecule is COCCOCCCOc1ccc(C(C)O)c(F)c1. The predicted octanol–water partition coefficient (Wildman–Crippen LogP) is 2.31. The molecule has 0 bridgehead atoms. The number of aliphatic hydroxyl groups is 1. The van der Waals surface area contributed by atoms with Crippen LogP contribution in [0.2, 0.25) is 0 Å². The van der Waals surface area contributed by atoms with E-state index in [2.05, 4.69) is 0 Å². The second-order valence-corrected chi connectivity index (χ2v) is 4.17. The Morgan fingerprint density at radius 3 is 2.63 bits per heavy atom. The summed E-state index contributed by atoms with van der Waals surface area (Å²) in [5.74, 6) is 0.00244. The van der Waals surface area contributed by atoms with Crippen molar-refractivity contribution in [1.29, 1.82) is 0 Å². The van der Waals surface area contributed by atoms with E-state index in [1.54, 1.807) is 13.2 Å². The molecule has 0 aliphatic carbocycles. The summed E-state index contributed by atoms with van der Waals surface area (Å²) in [4.78, 5) is 0. The first kappa shape index (κ1) is 15.9. The molecule has 0 fully saturated rings. The maximum atomic E-state index is 13.5. The highest BCUT2D eigenvalue weighted by atomic mass is 19.1. The molecular formula is C14H21FO4. The van der Waals surface area contributed by atoms with Crippen LogP contribution >= 0.6 is 0 Å². The van der Waals surface area contributed by atoms with E-state index in [0.717, 1.165) is 6.42 Å². The van der Waals surface area contributed by atoms with Gasteiger partial charge in [0.2, 0.25) is 0 Å². The number of ether oxygens (including phenoxy) is 3. The van der Waals surface area contributed by atoms with Gasteiger partial charge in [0.05, 0.1) is 25.9 Å². The Hall–Kier alpha value is -1.17. The number of aliphatic hydroxyl groups excluding tert-OH is 1. The minimum atomic E-state index is -0.816. The monoisotopic (exact) mass is 272 g/mol. The van der Waals surface area contributed by atoms with Crippen molar-refractivity contribution in [2.75, 3.05) is 33.5 Å². The minimum Gasteiger partial charge on any atom is -0.493 e. The zero-order valence-corrected chi connectivity index (χ0v) is 11.4. The second-order valence-electron chi connectivity index (χ2n) is 4.17. The molecule has 0 spiro atoms. The van der Waals surface area contributed by atoms with E-state index < -0.39 is 11.9 Å². The Morgan fingerprint density at radius 2 is 2.00 bits per heavy atom. The van der Waals surface area contributed by atoms with Gasteiger partial charge in [-0.15, -0.1) is 0 Å². The number of hydrogen-bond donors (Lipinski definition) is 1. The van der Waals surface area contributed by atoms with Crippen LogP contribution in [0.25, 0.3) is 0 Å². The zero-order chi connectivity index (χ0) is 14.1. The molecule has 0 radical (unpaired) electrons. The van der Waals surface area contributed by atoms with Crippen LogP contribution in [0, 0.1) is 5.82 Å². The molecule has 0 aliphatic heterocycles. The molecule has 19 heavy (non-hydrogen) atoms. The van der Waals surface area contributed by atoms with Crippen LogP contribution in [0.4, 0.5) is 4.39 Å². The van der Waals surface area contributed by atoms with Gasteiger partial charge >= 0.3 is 0 Å². The Morgan fingerprint density at radius 1 is 1.21 bits per heavy atom. The number of benzene rings is 1. The fourth-order valence-corrected chi connectivity index (χ4v) is 1.53. The van der Waals surface area contributed by atoms with Crippen LogP contribution in [0.1, 0.15) is 25.0 Å². The lowest BCUT2D eigenvalue weighted by Crippen LogP contribution is -2.07. The van der Waals surface area contributed by atoms with Crippen LogP contribution in [-0.4, -0.2) is 38.6 Å². The summed E-state index contributed by atoms with van der Waals surface area (Å²) in [6.45, 7) is 3.70. The number of hydrogen-bond acceptors (Lipinski definition) is 4. The molecule has 0 saturated heterocycles. The van der Waals surface area contributed by atoms with E-state index in [0.29, 0.717) is 32.2 Å². The van der Waals surface area contributed by atoms with Crippen LogP contribution < -0.4 is 4.74 Å². The standard InChI is InChI=1S/C14H21FO4/c1-11(16)13-5-4-12(10-14(13)15)19-7-3-6-18-9-8-17-2/h4-5,10-11,16H,3,6-9H2,1-2H3. The van der Waals surface area contributed by atoms with Gasteiger partial charge in [-0.2, -0.15) is 0 Å². The molecule has 0 amide bonds. The number of rotatable bonds is 9. The van der Waals surface area contributed by atoms with Crippen molar-refractivity contribution in [1.82, 2.24) is 0 Å². The topological polar surface area (TPSA) is 47.9 Å². The molecule has 1 rings (SSSR count). The lowest BCUT2D eigenvalue weighted by molar-refractivity contribution is 0.0644. The van der Waals surface area contributed by atoms with Crippen LogP contribution in [0.5, 0.6) is 5.75 Å². The first-order valence-corrected chi connectivity index (χ1v) is 6.32. The Labute approximate surface area is 113 Å². The molecule has 0 aliphatic rings. The van der Waals surface area contributed by atoms with Gasteiger partial charge in [-0.25, -0.2) is 4.39 Å². The number of methoxy groups -OCH3 is 1. The summed E-state index contributed by atoms with van der Waals surface area (Å²) in [5, 5.41) is 9.30. The molecule has 1 aromatic rings. The van der Waals surface area contributed by atoms with Crippen LogP contribution in [0.3, 0.4) is 0 Å². The molecule has 1 N–H and O–H groups in total. The van der Waals surface area contributed by atoms with Gasteiger partial charge in [-0.3, -0.25) is 0 Å². The maximum Gasteiger partial charge on any atom is 0.132 e. The molecule has 5 heteroatoms. The molecule has 0 aromatic heterocycles. The fraction of sp³-hybridized carbons (Fsp3) is 0.571. The Kier molecular flexibility index (Phi) is 7.40. The van der Waals surface area contributed by atoms with Crippen molar-refractivity contribution in [3.63, 3.8) is 0 Å². The predicted molar refractivity (Wildman–Crippen MR) is 69.8 cm³/mol. The van der Waals surface area contributed by atoms with Crippen LogP contribution in [-0.2, 0) is 9.47 Å². The Balaban J connectivity index is 2.25. The fourth-order valence-electron chi connectivity index (χ4n) is 1.53. The second kappa shape index (κ2) is 8.85. The summed E-state index contributed by atoms with van der Waals surface area (Å²) in [5.41, 5.74) is 0.273. The molecular weight excluding hydrogens is 251 g/mol. The van der Waals surface area contributed by atoms with Crippen molar-refractivity contribution in [2.24, 2.45) is 0 Å². The summed E-state index contributed by atoms with van der Waals surface area (Å²) in [6, 6.07) is 4.47. The Bertz CT molecular complexity index is 368. The molecule has 1 atom stereocenters. The quantitative estimate of drug-likeness (QED) is 0.701. The highest BCUT2D eigenvalue weighted by Crippen LogP contribution is 2.21. The molecule has 1 aromatic carbocycles. The van der Waals surface area contributed by atoms with Crippen molar-refractivity contribution in [3.05, 3.63) is 29.6 Å².